The highest BCUT2D eigenvalue weighted by Crippen LogP contribution is 2.16. The molecule has 0 unspecified atom stereocenters. The van der Waals surface area contributed by atoms with Gasteiger partial charge in [0.25, 0.3) is 5.56 Å². The Morgan fingerprint density at radius 1 is 1.11 bits per heavy atom. The highest BCUT2D eigenvalue weighted by molar-refractivity contribution is 5.75. The van der Waals surface area contributed by atoms with E-state index in [1.165, 1.54) is 9.13 Å². The maximum atomic E-state index is 12.5. The van der Waals surface area contributed by atoms with Crippen molar-refractivity contribution < 1.29 is 9.47 Å². The number of hydrogen-bond acceptors (Lipinski definition) is 5. The Morgan fingerprint density at radius 2 is 1.89 bits per heavy atom. The quantitative estimate of drug-likeness (QED) is 0.601. The zero-order valence-electron chi connectivity index (χ0n) is 16.3. The van der Waals surface area contributed by atoms with Crippen molar-refractivity contribution in [2.75, 3.05) is 20.3 Å². The van der Waals surface area contributed by atoms with Crippen LogP contribution in [-0.2, 0) is 17.8 Å². The third-order valence-corrected chi connectivity index (χ3v) is 4.36. The number of ether oxygens (including phenoxy) is 2. The Morgan fingerprint density at radius 3 is 2.61 bits per heavy atom. The van der Waals surface area contributed by atoms with Gasteiger partial charge in [0.1, 0.15) is 23.7 Å². The second kappa shape index (κ2) is 8.71. The molecule has 0 saturated heterocycles. The number of benzene rings is 1. The maximum absolute atomic E-state index is 12.5. The van der Waals surface area contributed by atoms with E-state index in [1.54, 1.807) is 20.1 Å². The number of aromatic amines is 1. The van der Waals surface area contributed by atoms with Crippen LogP contribution in [0.3, 0.4) is 0 Å². The summed E-state index contributed by atoms with van der Waals surface area (Å²) in [6.07, 6.45) is 3.64. The molecule has 1 aromatic carbocycles. The Hall–Kier alpha value is -3.13. The van der Waals surface area contributed by atoms with Crippen molar-refractivity contribution in [1.29, 1.82) is 0 Å². The average Bonchev–Trinajstić information content (AvgIpc) is 3.12. The molecule has 0 fully saturated rings. The molecule has 0 spiro atoms. The maximum Gasteiger partial charge on any atom is 0.332 e. The number of methoxy groups -OCH3 is 1. The molecule has 0 atom stereocenters. The van der Waals surface area contributed by atoms with Gasteiger partial charge in [-0.25, -0.2) is 9.78 Å². The predicted molar refractivity (Wildman–Crippen MR) is 109 cm³/mol. The zero-order chi connectivity index (χ0) is 20.1. The molecular formula is C20H24N4O4. The van der Waals surface area contributed by atoms with Gasteiger partial charge < -0.3 is 14.5 Å². The lowest BCUT2D eigenvalue weighted by molar-refractivity contribution is 0.146. The first-order valence-electron chi connectivity index (χ1n) is 9.22. The van der Waals surface area contributed by atoms with Crippen molar-refractivity contribution in [3.63, 3.8) is 0 Å². The van der Waals surface area contributed by atoms with Gasteiger partial charge in [-0.3, -0.25) is 13.9 Å². The topological polar surface area (TPSA) is 91.1 Å². The lowest BCUT2D eigenvalue weighted by Gasteiger charge is -2.06. The third kappa shape index (κ3) is 3.91. The number of rotatable bonds is 8. The zero-order valence-corrected chi connectivity index (χ0v) is 16.3. The SMILES string of the molecule is CCn1c(=O)c2[nH]c(/C=C/c3cccc(OCCOC)c3)nc2n(CC)c1=O. The van der Waals surface area contributed by atoms with Crippen LogP contribution in [0.25, 0.3) is 23.3 Å². The second-order valence-corrected chi connectivity index (χ2v) is 6.14. The van der Waals surface area contributed by atoms with Crippen LogP contribution in [0.4, 0.5) is 0 Å². The van der Waals surface area contributed by atoms with Crippen LogP contribution < -0.4 is 16.0 Å². The Kier molecular flexibility index (Phi) is 6.10. The van der Waals surface area contributed by atoms with E-state index in [0.29, 0.717) is 43.3 Å². The van der Waals surface area contributed by atoms with Crippen molar-refractivity contribution in [2.24, 2.45) is 0 Å². The van der Waals surface area contributed by atoms with E-state index in [4.69, 9.17) is 9.47 Å². The minimum atomic E-state index is -0.354. The van der Waals surface area contributed by atoms with Crippen molar-refractivity contribution in [2.45, 2.75) is 26.9 Å². The lowest BCUT2D eigenvalue weighted by Crippen LogP contribution is -2.39. The molecule has 0 aliphatic heterocycles. The van der Waals surface area contributed by atoms with Gasteiger partial charge in [0.05, 0.1) is 6.61 Å². The minimum Gasteiger partial charge on any atom is -0.491 e. The summed E-state index contributed by atoms with van der Waals surface area (Å²) < 4.78 is 13.3. The first kappa shape index (κ1) is 19.6. The average molecular weight is 384 g/mol. The number of aromatic nitrogens is 4. The first-order chi connectivity index (χ1) is 13.6. The fourth-order valence-corrected chi connectivity index (χ4v) is 2.95. The molecule has 3 aromatic rings. The summed E-state index contributed by atoms with van der Waals surface area (Å²) in [5.41, 5.74) is 0.936. The normalized spacial score (nSPS) is 11.5. The number of nitrogens with zero attached hydrogens (tertiary/aromatic N) is 3. The summed E-state index contributed by atoms with van der Waals surface area (Å²) in [5.74, 6) is 1.25. The first-order valence-corrected chi connectivity index (χ1v) is 9.22. The summed E-state index contributed by atoms with van der Waals surface area (Å²) in [6, 6.07) is 7.62. The summed E-state index contributed by atoms with van der Waals surface area (Å²) in [4.78, 5) is 32.4. The molecule has 0 aliphatic rings. The Balaban J connectivity index is 1.93. The molecule has 28 heavy (non-hydrogen) atoms. The molecule has 148 valence electrons. The smallest absolute Gasteiger partial charge is 0.332 e. The summed E-state index contributed by atoms with van der Waals surface area (Å²) in [5, 5.41) is 0. The van der Waals surface area contributed by atoms with Crippen molar-refractivity contribution in [1.82, 2.24) is 19.1 Å². The van der Waals surface area contributed by atoms with Crippen LogP contribution in [0.2, 0.25) is 0 Å². The summed E-state index contributed by atoms with van der Waals surface area (Å²) >= 11 is 0. The molecule has 2 aromatic heterocycles. The number of fused-ring (bicyclic) bond motifs is 1. The van der Waals surface area contributed by atoms with Crippen LogP contribution in [0, 0.1) is 0 Å². The minimum absolute atomic E-state index is 0.313. The van der Waals surface area contributed by atoms with Crippen LogP contribution in [0.1, 0.15) is 25.2 Å². The number of imidazole rings is 1. The molecule has 8 nitrogen and oxygen atoms in total. The van der Waals surface area contributed by atoms with E-state index in [0.717, 1.165) is 11.3 Å². The van der Waals surface area contributed by atoms with Gasteiger partial charge in [0, 0.05) is 20.2 Å². The number of aryl methyl sites for hydroxylation is 1. The monoisotopic (exact) mass is 384 g/mol. The van der Waals surface area contributed by atoms with Crippen LogP contribution >= 0.6 is 0 Å². The van der Waals surface area contributed by atoms with E-state index in [1.807, 2.05) is 37.3 Å². The second-order valence-electron chi connectivity index (χ2n) is 6.14. The van der Waals surface area contributed by atoms with Crippen LogP contribution in [-0.4, -0.2) is 39.4 Å². The van der Waals surface area contributed by atoms with Gasteiger partial charge in [-0.1, -0.05) is 18.2 Å². The molecule has 0 bridgehead atoms. The van der Waals surface area contributed by atoms with Gasteiger partial charge in [-0.15, -0.1) is 0 Å². The van der Waals surface area contributed by atoms with E-state index in [2.05, 4.69) is 9.97 Å². The van der Waals surface area contributed by atoms with Crippen molar-refractivity contribution >= 4 is 23.3 Å². The molecule has 0 aliphatic carbocycles. The van der Waals surface area contributed by atoms with Gasteiger partial charge in [-0.2, -0.15) is 0 Å². The van der Waals surface area contributed by atoms with E-state index in [-0.39, 0.29) is 11.2 Å². The van der Waals surface area contributed by atoms with E-state index >= 15 is 0 Å². The molecule has 0 saturated carbocycles. The van der Waals surface area contributed by atoms with Gasteiger partial charge in [0.15, 0.2) is 5.65 Å². The van der Waals surface area contributed by atoms with Crippen molar-refractivity contribution in [3.8, 4) is 5.75 Å². The molecular weight excluding hydrogens is 360 g/mol. The third-order valence-electron chi connectivity index (χ3n) is 4.36. The van der Waals surface area contributed by atoms with E-state index in [9.17, 15) is 9.59 Å². The number of hydrogen-bond donors (Lipinski definition) is 1. The van der Waals surface area contributed by atoms with Gasteiger partial charge >= 0.3 is 5.69 Å². The Labute approximate surface area is 162 Å². The highest BCUT2D eigenvalue weighted by Gasteiger charge is 2.14. The highest BCUT2D eigenvalue weighted by atomic mass is 16.5. The van der Waals surface area contributed by atoms with Crippen LogP contribution in [0.15, 0.2) is 33.9 Å². The van der Waals surface area contributed by atoms with Gasteiger partial charge in [-0.05, 0) is 37.6 Å². The van der Waals surface area contributed by atoms with Gasteiger partial charge in [0.2, 0.25) is 0 Å². The molecule has 8 heteroatoms. The van der Waals surface area contributed by atoms with E-state index < -0.39 is 0 Å². The molecule has 3 rings (SSSR count). The summed E-state index contributed by atoms with van der Waals surface area (Å²) in [6.45, 7) is 5.37. The number of nitrogens with one attached hydrogen (secondary N) is 1. The lowest BCUT2D eigenvalue weighted by atomic mass is 10.2. The predicted octanol–water partition coefficient (Wildman–Crippen LogP) is 2.12. The van der Waals surface area contributed by atoms with Crippen molar-refractivity contribution in [3.05, 3.63) is 56.5 Å². The number of H-pyrrole nitrogens is 1. The fraction of sp³-hybridized carbons (Fsp3) is 0.350. The molecule has 0 radical (unpaired) electrons. The van der Waals surface area contributed by atoms with Crippen LogP contribution in [0.5, 0.6) is 5.75 Å². The largest absolute Gasteiger partial charge is 0.491 e. The molecule has 1 N–H and O–H groups in total. The standard InChI is InChI=1S/C20H24N4O4/c1-4-23-18-17(19(25)24(5-2)20(23)26)21-16(22-18)10-9-14-7-6-8-15(13-14)28-12-11-27-3/h6-10,13H,4-5,11-12H2,1-3H3,(H,21,22)/b10-9+. The fourth-order valence-electron chi connectivity index (χ4n) is 2.95. The molecule has 0 amide bonds. The summed E-state index contributed by atoms with van der Waals surface area (Å²) in [7, 11) is 1.63. The molecule has 2 heterocycles. The Bertz CT molecular complexity index is 1110.